The zero-order chi connectivity index (χ0) is 30.6. The molecule has 3 aliphatic rings. The lowest BCUT2D eigenvalue weighted by Gasteiger charge is -2.41. The topological polar surface area (TPSA) is 270 Å². The molecule has 2 saturated heterocycles. The second-order valence-corrected chi connectivity index (χ2v) is 9.88. The van der Waals surface area contributed by atoms with Crippen molar-refractivity contribution in [2.75, 3.05) is 13.2 Å². The van der Waals surface area contributed by atoms with E-state index in [-0.39, 0.29) is 11.1 Å². The van der Waals surface area contributed by atoms with Gasteiger partial charge in [-0.05, 0) is 0 Å². The van der Waals surface area contributed by atoms with Crippen molar-refractivity contribution in [1.29, 1.82) is 0 Å². The third kappa shape index (κ3) is 4.77. The lowest BCUT2D eigenvalue weighted by Crippen LogP contribution is -2.61. The highest BCUT2D eigenvalue weighted by atomic mass is 16.7. The van der Waals surface area contributed by atoms with E-state index < -0.39 is 120 Å². The Balaban J connectivity index is 1.49. The molecule has 0 aromatic heterocycles. The number of rotatable bonds is 6. The van der Waals surface area contributed by atoms with Gasteiger partial charge in [0.2, 0.25) is 6.29 Å². The van der Waals surface area contributed by atoms with Crippen LogP contribution in [-0.4, -0.2) is 132 Å². The summed E-state index contributed by atoms with van der Waals surface area (Å²) in [7, 11) is 0. The number of hydrogen-bond donors (Lipinski definition) is 9. The highest BCUT2D eigenvalue weighted by molar-refractivity contribution is 6.31. The molecule has 2 aromatic carbocycles. The molecule has 226 valence electrons. The van der Waals surface area contributed by atoms with Gasteiger partial charge in [0, 0.05) is 11.1 Å². The van der Waals surface area contributed by atoms with Gasteiger partial charge in [0.1, 0.15) is 54.0 Å². The average molecular weight is 594 g/mol. The standard InChI is InChI=1S/C26H26O16/c27-9-5-39-25(21(35)16(9)30)40-6-10-17(31)20(34)22(36)26(41-10)42-23-12-11(18(32)13(19(23)33)24(37)38)14(28)7-3-1-2-4-8(7)15(12)29/h1-4,9-10,16-17,20-22,25-27,30-36H,5-6H2,(H,37,38)/t9-,10-,16-,17-,20-,21+,22-,25-,26+/m0/s1. The number of carbonyl (C=O) groups is 3. The maximum absolute atomic E-state index is 13.4. The molecule has 0 amide bonds. The first-order chi connectivity index (χ1) is 19.8. The van der Waals surface area contributed by atoms with Crippen LogP contribution in [0, 0.1) is 0 Å². The number of carbonyl (C=O) groups excluding carboxylic acids is 2. The number of benzene rings is 2. The van der Waals surface area contributed by atoms with Gasteiger partial charge in [-0.15, -0.1) is 0 Å². The summed E-state index contributed by atoms with van der Waals surface area (Å²) >= 11 is 0. The van der Waals surface area contributed by atoms with E-state index in [1.54, 1.807) is 0 Å². The summed E-state index contributed by atoms with van der Waals surface area (Å²) in [4.78, 5) is 38.6. The normalized spacial score (nSPS) is 32.7. The summed E-state index contributed by atoms with van der Waals surface area (Å²) in [5, 5.41) is 92.1. The number of aliphatic hydroxyl groups excluding tert-OH is 6. The first kappa shape index (κ1) is 29.8. The number of carboxylic acid groups (broad SMARTS) is 1. The van der Waals surface area contributed by atoms with Crippen LogP contribution >= 0.6 is 0 Å². The van der Waals surface area contributed by atoms with Gasteiger partial charge >= 0.3 is 5.97 Å². The second kappa shape index (κ2) is 11.2. The van der Waals surface area contributed by atoms with Crippen LogP contribution in [0.3, 0.4) is 0 Å². The molecule has 9 atom stereocenters. The quantitative estimate of drug-likeness (QED) is 0.140. The van der Waals surface area contributed by atoms with E-state index in [9.17, 15) is 60.3 Å². The molecule has 5 rings (SSSR count). The predicted octanol–water partition coefficient (Wildman–Crippen LogP) is -2.79. The highest BCUT2D eigenvalue weighted by Gasteiger charge is 2.48. The van der Waals surface area contributed by atoms with E-state index in [2.05, 4.69) is 0 Å². The molecule has 1 aliphatic carbocycles. The van der Waals surface area contributed by atoms with E-state index in [1.165, 1.54) is 24.3 Å². The SMILES string of the molecule is O=C(O)c1c(O)c(O[C@H]2O[C@@H](CO[C@@H]3OC[C@H](O)[C@H](O)[C@H]3O)[C@H](O)[C@H](O)[C@@H]2O)c2c(c1O)C(=O)c1ccccc1C2=O. The van der Waals surface area contributed by atoms with E-state index in [1.807, 2.05) is 0 Å². The Bertz CT molecular complexity index is 1420. The summed E-state index contributed by atoms with van der Waals surface area (Å²) < 4.78 is 21.4. The predicted molar refractivity (Wildman–Crippen MR) is 131 cm³/mol. The molecule has 9 N–H and O–H groups in total. The van der Waals surface area contributed by atoms with E-state index >= 15 is 0 Å². The Hall–Kier alpha value is -3.71. The first-order valence-corrected chi connectivity index (χ1v) is 12.5. The van der Waals surface area contributed by atoms with Crippen LogP contribution in [0.2, 0.25) is 0 Å². The highest BCUT2D eigenvalue weighted by Crippen LogP contribution is 2.48. The van der Waals surface area contributed by atoms with Crippen LogP contribution in [0.15, 0.2) is 24.3 Å². The zero-order valence-corrected chi connectivity index (χ0v) is 21.3. The second-order valence-electron chi connectivity index (χ2n) is 9.88. The third-order valence-electron chi connectivity index (χ3n) is 7.27. The Labute approximate surface area is 235 Å². The molecule has 2 aromatic rings. The lowest BCUT2D eigenvalue weighted by molar-refractivity contribution is -0.307. The summed E-state index contributed by atoms with van der Waals surface area (Å²) in [6, 6.07) is 5.42. The summed E-state index contributed by atoms with van der Waals surface area (Å²) in [5.74, 6) is -7.29. The molecule has 0 radical (unpaired) electrons. The molecule has 2 heterocycles. The molecule has 2 fully saturated rings. The van der Waals surface area contributed by atoms with Gasteiger partial charge in [0.05, 0.1) is 24.3 Å². The van der Waals surface area contributed by atoms with E-state index in [0.717, 1.165) is 0 Å². The first-order valence-electron chi connectivity index (χ1n) is 12.5. The monoisotopic (exact) mass is 594 g/mol. The van der Waals surface area contributed by atoms with Crippen molar-refractivity contribution < 1.29 is 79.3 Å². The maximum atomic E-state index is 13.4. The number of hydrogen-bond acceptors (Lipinski definition) is 15. The average Bonchev–Trinajstić information content (AvgIpc) is 2.96. The van der Waals surface area contributed by atoms with Crippen LogP contribution in [0.5, 0.6) is 17.2 Å². The largest absolute Gasteiger partial charge is 0.506 e. The smallest absolute Gasteiger partial charge is 0.343 e. The summed E-state index contributed by atoms with van der Waals surface area (Å²) in [5.41, 5.74) is -3.05. The minimum Gasteiger partial charge on any atom is -0.506 e. The van der Waals surface area contributed by atoms with Crippen LogP contribution in [-0.2, 0) is 14.2 Å². The van der Waals surface area contributed by atoms with E-state index in [0.29, 0.717) is 0 Å². The molecule has 0 unspecified atom stereocenters. The fourth-order valence-corrected chi connectivity index (χ4v) is 4.99. The number of ketones is 2. The van der Waals surface area contributed by atoms with Gasteiger partial charge in [-0.25, -0.2) is 4.79 Å². The number of phenols is 2. The zero-order valence-electron chi connectivity index (χ0n) is 21.3. The number of aromatic hydroxyl groups is 2. The van der Waals surface area contributed by atoms with Gasteiger partial charge in [0.15, 0.2) is 29.4 Å². The van der Waals surface area contributed by atoms with Crippen molar-refractivity contribution in [3.05, 3.63) is 52.1 Å². The fraction of sp³-hybridized carbons (Fsp3) is 0.423. The van der Waals surface area contributed by atoms with Crippen LogP contribution < -0.4 is 4.74 Å². The molecule has 42 heavy (non-hydrogen) atoms. The number of carboxylic acids is 1. The Morgan fingerprint density at radius 3 is 2.02 bits per heavy atom. The number of aromatic carboxylic acids is 1. The van der Waals surface area contributed by atoms with E-state index in [4.69, 9.17) is 18.9 Å². The number of aliphatic hydroxyl groups is 6. The minimum absolute atomic E-state index is 0.159. The van der Waals surface area contributed by atoms with Gasteiger partial charge in [0.25, 0.3) is 0 Å². The summed E-state index contributed by atoms with van der Waals surface area (Å²) in [6.07, 6.45) is -15.8. The number of ether oxygens (including phenoxy) is 4. The molecule has 0 spiro atoms. The Morgan fingerprint density at radius 2 is 1.40 bits per heavy atom. The van der Waals surface area contributed by atoms with Crippen molar-refractivity contribution >= 4 is 17.5 Å². The molecule has 2 aliphatic heterocycles. The maximum Gasteiger partial charge on any atom is 0.343 e. The summed E-state index contributed by atoms with van der Waals surface area (Å²) in [6.45, 7) is -1.07. The lowest BCUT2D eigenvalue weighted by atomic mass is 9.81. The van der Waals surface area contributed by atoms with Crippen molar-refractivity contribution in [2.24, 2.45) is 0 Å². The van der Waals surface area contributed by atoms with Gasteiger partial charge in [-0.3, -0.25) is 9.59 Å². The van der Waals surface area contributed by atoms with Gasteiger partial charge in [-0.1, -0.05) is 24.3 Å². The van der Waals surface area contributed by atoms with Crippen LogP contribution in [0.4, 0.5) is 0 Å². The van der Waals surface area contributed by atoms with Crippen molar-refractivity contribution in [3.8, 4) is 17.2 Å². The van der Waals surface area contributed by atoms with Crippen LogP contribution in [0.25, 0.3) is 0 Å². The van der Waals surface area contributed by atoms with Crippen LogP contribution in [0.1, 0.15) is 42.2 Å². The van der Waals surface area contributed by atoms with Gasteiger partial charge < -0.3 is 64.9 Å². The molecule has 16 nitrogen and oxygen atoms in total. The van der Waals surface area contributed by atoms with Crippen molar-refractivity contribution in [3.63, 3.8) is 0 Å². The van der Waals surface area contributed by atoms with Crippen molar-refractivity contribution in [2.45, 2.75) is 55.3 Å². The Kier molecular flexibility index (Phi) is 7.92. The fourth-order valence-electron chi connectivity index (χ4n) is 4.99. The van der Waals surface area contributed by atoms with Crippen molar-refractivity contribution in [1.82, 2.24) is 0 Å². The Morgan fingerprint density at radius 1 is 0.810 bits per heavy atom. The molecule has 0 saturated carbocycles. The number of fused-ring (bicyclic) bond motifs is 2. The molecule has 0 bridgehead atoms. The minimum atomic E-state index is -2.08. The third-order valence-corrected chi connectivity index (χ3v) is 7.27. The molecular weight excluding hydrogens is 568 g/mol. The molecule has 16 heteroatoms. The van der Waals surface area contributed by atoms with Gasteiger partial charge in [-0.2, -0.15) is 0 Å². The molecular formula is C26H26O16.